The van der Waals surface area contributed by atoms with E-state index in [0.717, 1.165) is 11.1 Å². The van der Waals surface area contributed by atoms with Gasteiger partial charge in [0.1, 0.15) is 24.2 Å². The van der Waals surface area contributed by atoms with Crippen molar-refractivity contribution in [3.05, 3.63) is 71.8 Å². The van der Waals surface area contributed by atoms with Crippen LogP contribution in [0.15, 0.2) is 60.7 Å². The summed E-state index contributed by atoms with van der Waals surface area (Å²) in [6.45, 7) is 14.6. The van der Waals surface area contributed by atoms with Gasteiger partial charge in [-0.25, -0.2) is 0 Å². The van der Waals surface area contributed by atoms with Gasteiger partial charge in [0.2, 0.25) is 29.5 Å². The van der Waals surface area contributed by atoms with Crippen molar-refractivity contribution in [1.29, 1.82) is 0 Å². The molecule has 2 aromatic rings. The highest BCUT2D eigenvalue weighted by Gasteiger charge is 2.47. The van der Waals surface area contributed by atoms with Crippen LogP contribution < -0.4 is 16.0 Å². The van der Waals surface area contributed by atoms with E-state index in [1.54, 1.807) is 23.9 Å². The molecule has 4 rings (SSSR count). The van der Waals surface area contributed by atoms with Gasteiger partial charge in [-0.2, -0.15) is 0 Å². The van der Waals surface area contributed by atoms with E-state index in [1.807, 2.05) is 109 Å². The van der Waals surface area contributed by atoms with Crippen LogP contribution in [0, 0.1) is 11.3 Å². The summed E-state index contributed by atoms with van der Waals surface area (Å²) in [5.41, 5.74) is 0.679. The molecule has 11 nitrogen and oxygen atoms in total. The molecule has 0 aromatic heterocycles. The zero-order valence-corrected chi connectivity index (χ0v) is 32.6. The number of hydrogen-bond donors (Lipinski definition) is 3. The summed E-state index contributed by atoms with van der Waals surface area (Å²) in [5, 5.41) is 9.20. The Labute approximate surface area is 310 Å². The summed E-state index contributed by atoms with van der Waals surface area (Å²) in [4.78, 5) is 74.9. The lowest BCUT2D eigenvalue weighted by Gasteiger charge is -2.41. The SMILES string of the molecule is CN[C@H](C(=O)N[C@H](C(=O)N(C)[C@H](C(=O)N1CCC[C@H]1C(=O)N1CCC[C@H]1C(=O)NCc1ccccc1)C(C)C)C(C)(C)C)C(C)(C)c1ccccc1. The van der Waals surface area contributed by atoms with E-state index in [-0.39, 0.29) is 35.5 Å². The third-order valence-corrected chi connectivity index (χ3v) is 10.8. The lowest BCUT2D eigenvalue weighted by atomic mass is 9.76. The van der Waals surface area contributed by atoms with E-state index >= 15 is 0 Å². The summed E-state index contributed by atoms with van der Waals surface area (Å²) in [7, 11) is 3.34. The van der Waals surface area contributed by atoms with Crippen molar-refractivity contribution in [3.8, 4) is 0 Å². The Balaban J connectivity index is 1.50. The second-order valence-corrected chi connectivity index (χ2v) is 16.3. The molecule has 0 bridgehead atoms. The first kappa shape index (κ1) is 40.5. The third kappa shape index (κ3) is 9.03. The van der Waals surface area contributed by atoms with E-state index in [2.05, 4.69) is 16.0 Å². The molecule has 5 atom stereocenters. The summed E-state index contributed by atoms with van der Waals surface area (Å²) in [6, 6.07) is 15.7. The molecule has 2 fully saturated rings. The Hall–Kier alpha value is -4.25. The van der Waals surface area contributed by atoms with Crippen LogP contribution >= 0.6 is 0 Å². The molecular formula is C41H60N6O5. The van der Waals surface area contributed by atoms with Crippen molar-refractivity contribution in [1.82, 2.24) is 30.7 Å². The number of carbonyl (C=O) groups excluding carboxylic acids is 5. The van der Waals surface area contributed by atoms with E-state index in [4.69, 9.17) is 0 Å². The predicted octanol–water partition coefficient (Wildman–Crippen LogP) is 3.86. The summed E-state index contributed by atoms with van der Waals surface area (Å²) >= 11 is 0. The fraction of sp³-hybridized carbons (Fsp3) is 0.585. The van der Waals surface area contributed by atoms with Crippen LogP contribution in [-0.2, 0) is 35.9 Å². The van der Waals surface area contributed by atoms with Gasteiger partial charge in [0.05, 0.1) is 6.04 Å². The Morgan fingerprint density at radius 2 is 1.37 bits per heavy atom. The van der Waals surface area contributed by atoms with Gasteiger partial charge in [0.25, 0.3) is 0 Å². The van der Waals surface area contributed by atoms with Crippen molar-refractivity contribution in [2.24, 2.45) is 11.3 Å². The summed E-state index contributed by atoms with van der Waals surface area (Å²) in [5.74, 6) is -1.69. The molecule has 0 radical (unpaired) electrons. The van der Waals surface area contributed by atoms with Crippen molar-refractivity contribution in [2.75, 3.05) is 27.2 Å². The molecule has 0 aliphatic carbocycles. The number of nitrogens with zero attached hydrogens (tertiary/aromatic N) is 3. The molecule has 2 saturated heterocycles. The minimum atomic E-state index is -0.933. The molecular weight excluding hydrogens is 656 g/mol. The van der Waals surface area contributed by atoms with E-state index in [0.29, 0.717) is 45.3 Å². The monoisotopic (exact) mass is 716 g/mol. The standard InChI is InChI=1S/C41H60N6O5/c1-27(2)32(45(9)39(52)34(40(3,4)5)44-36(49)33(42-8)41(6,7)29-20-14-11-15-21-29)38(51)47-25-17-23-31(47)37(50)46-24-16-22-30(46)35(48)43-26-28-18-12-10-13-19-28/h10-15,18-21,27,30-34,42H,16-17,22-26H2,1-9H3,(H,43,48)(H,44,49)/t30-,31-,32-,33+,34+/m0/s1. The first-order valence-corrected chi connectivity index (χ1v) is 18.7. The Morgan fingerprint density at radius 1 is 0.808 bits per heavy atom. The molecule has 52 heavy (non-hydrogen) atoms. The van der Waals surface area contributed by atoms with E-state index in [9.17, 15) is 24.0 Å². The average molecular weight is 717 g/mol. The van der Waals surface area contributed by atoms with Crippen molar-refractivity contribution < 1.29 is 24.0 Å². The fourth-order valence-corrected chi connectivity index (χ4v) is 7.82. The maximum absolute atomic E-state index is 14.5. The van der Waals surface area contributed by atoms with Crippen LogP contribution in [0.4, 0.5) is 0 Å². The number of nitrogens with one attached hydrogen (secondary N) is 3. The smallest absolute Gasteiger partial charge is 0.246 e. The van der Waals surface area contributed by atoms with Gasteiger partial charge in [-0.1, -0.05) is 109 Å². The van der Waals surface area contributed by atoms with Gasteiger partial charge < -0.3 is 30.7 Å². The van der Waals surface area contributed by atoms with Crippen molar-refractivity contribution >= 4 is 29.5 Å². The topological polar surface area (TPSA) is 131 Å². The molecule has 284 valence electrons. The van der Waals surface area contributed by atoms with Crippen LogP contribution in [0.5, 0.6) is 0 Å². The van der Waals surface area contributed by atoms with Crippen LogP contribution in [0.25, 0.3) is 0 Å². The summed E-state index contributed by atoms with van der Waals surface area (Å²) in [6.07, 6.45) is 2.41. The maximum Gasteiger partial charge on any atom is 0.246 e. The maximum atomic E-state index is 14.5. The van der Waals surface area contributed by atoms with Gasteiger partial charge in [-0.3, -0.25) is 24.0 Å². The Morgan fingerprint density at radius 3 is 1.92 bits per heavy atom. The number of hydrogen-bond acceptors (Lipinski definition) is 6. The van der Waals surface area contributed by atoms with Crippen LogP contribution in [0.1, 0.15) is 85.3 Å². The third-order valence-electron chi connectivity index (χ3n) is 10.8. The average Bonchev–Trinajstić information content (AvgIpc) is 3.80. The molecule has 2 aromatic carbocycles. The number of likely N-dealkylation sites (N-methyl/N-ethyl adjacent to an activating group) is 2. The molecule has 0 spiro atoms. The quantitative estimate of drug-likeness (QED) is 0.289. The predicted molar refractivity (Wildman–Crippen MR) is 203 cm³/mol. The molecule has 0 unspecified atom stereocenters. The highest BCUT2D eigenvalue weighted by atomic mass is 16.2. The van der Waals surface area contributed by atoms with Gasteiger partial charge in [-0.05, 0) is 55.2 Å². The Kier molecular flexibility index (Phi) is 13.3. The molecule has 5 amide bonds. The zero-order valence-electron chi connectivity index (χ0n) is 32.6. The number of rotatable bonds is 13. The molecule has 11 heteroatoms. The highest BCUT2D eigenvalue weighted by Crippen LogP contribution is 2.31. The van der Waals surface area contributed by atoms with Gasteiger partial charge >= 0.3 is 0 Å². The largest absolute Gasteiger partial charge is 0.350 e. The molecule has 2 aliphatic heterocycles. The number of carbonyl (C=O) groups is 5. The molecule has 3 N–H and O–H groups in total. The number of likely N-dealkylation sites (tertiary alicyclic amines) is 2. The number of amides is 5. The lowest BCUT2D eigenvalue weighted by molar-refractivity contribution is -0.153. The second-order valence-electron chi connectivity index (χ2n) is 16.3. The van der Waals surface area contributed by atoms with Crippen molar-refractivity contribution in [2.45, 2.75) is 116 Å². The first-order valence-electron chi connectivity index (χ1n) is 18.7. The normalized spacial score (nSPS) is 19.6. The minimum Gasteiger partial charge on any atom is -0.350 e. The van der Waals surface area contributed by atoms with Crippen LogP contribution in [0.2, 0.25) is 0 Å². The number of benzene rings is 2. The zero-order chi connectivity index (χ0) is 38.4. The first-order chi connectivity index (χ1) is 24.5. The lowest BCUT2D eigenvalue weighted by Crippen LogP contribution is -2.63. The Bertz CT molecular complexity index is 1560. The van der Waals surface area contributed by atoms with E-state index < -0.39 is 41.0 Å². The van der Waals surface area contributed by atoms with Gasteiger partial charge in [0.15, 0.2) is 0 Å². The van der Waals surface area contributed by atoms with Gasteiger partial charge in [-0.15, -0.1) is 0 Å². The molecule has 0 saturated carbocycles. The highest BCUT2D eigenvalue weighted by molar-refractivity contribution is 5.97. The van der Waals surface area contributed by atoms with Gasteiger partial charge in [0, 0.05) is 32.1 Å². The molecule has 2 heterocycles. The van der Waals surface area contributed by atoms with Crippen LogP contribution in [0.3, 0.4) is 0 Å². The van der Waals surface area contributed by atoms with Crippen molar-refractivity contribution in [3.63, 3.8) is 0 Å². The molecule has 2 aliphatic rings. The van der Waals surface area contributed by atoms with E-state index in [1.165, 1.54) is 4.90 Å². The fourth-order valence-electron chi connectivity index (χ4n) is 7.82. The second kappa shape index (κ2) is 17.1. The van der Waals surface area contributed by atoms with Crippen LogP contribution in [-0.4, -0.2) is 102 Å². The minimum absolute atomic E-state index is 0.195. The summed E-state index contributed by atoms with van der Waals surface area (Å²) < 4.78 is 0.